The van der Waals surface area contributed by atoms with Crippen LogP contribution >= 0.6 is 11.3 Å². The van der Waals surface area contributed by atoms with E-state index in [9.17, 15) is 17.6 Å². The molecule has 0 saturated carbocycles. The molecule has 1 heterocycles. The quantitative estimate of drug-likeness (QED) is 0.459. The number of nitrogens with zero attached hydrogens (tertiary/aromatic N) is 1. The first kappa shape index (κ1) is 22.9. The van der Waals surface area contributed by atoms with Crippen molar-refractivity contribution < 1.29 is 27.1 Å². The summed E-state index contributed by atoms with van der Waals surface area (Å²) in [5.41, 5.74) is 1.33. The number of benzene rings is 2. The number of hydrogen-bond acceptors (Lipinski definition) is 7. The van der Waals surface area contributed by atoms with E-state index >= 15 is 0 Å². The second-order valence-corrected chi connectivity index (χ2v) is 8.99. The maximum absolute atomic E-state index is 13.0. The minimum Gasteiger partial charge on any atom is -0.494 e. The van der Waals surface area contributed by atoms with Crippen LogP contribution in [0, 0.1) is 5.82 Å². The van der Waals surface area contributed by atoms with E-state index in [0.29, 0.717) is 23.1 Å². The standard InChI is InChI=1S/C21H21FN2O5S2/c1-2-28-18-7-9-19(10-8-18)31(26,27)23-12-11-20(25)29-13-17-14-30-21(24-17)15-3-5-16(22)6-4-15/h3-10,14,23H,2,11-13H2,1H3. The smallest absolute Gasteiger partial charge is 0.307 e. The zero-order chi connectivity index (χ0) is 22.3. The van der Waals surface area contributed by atoms with E-state index in [1.54, 1.807) is 29.6 Å². The Bertz CT molecular complexity index is 1110. The van der Waals surface area contributed by atoms with Gasteiger partial charge in [0.15, 0.2) is 0 Å². The summed E-state index contributed by atoms with van der Waals surface area (Å²) in [7, 11) is -3.74. The molecule has 0 aliphatic heterocycles. The van der Waals surface area contributed by atoms with Crippen LogP contribution in [0.5, 0.6) is 5.75 Å². The van der Waals surface area contributed by atoms with Crippen molar-refractivity contribution in [3.05, 3.63) is 65.4 Å². The number of esters is 1. The number of carbonyl (C=O) groups is 1. The van der Waals surface area contributed by atoms with Crippen molar-refractivity contribution in [3.63, 3.8) is 0 Å². The Morgan fingerprint density at radius 3 is 2.52 bits per heavy atom. The third-order valence-electron chi connectivity index (χ3n) is 4.09. The van der Waals surface area contributed by atoms with Gasteiger partial charge >= 0.3 is 5.97 Å². The van der Waals surface area contributed by atoms with Gasteiger partial charge in [-0.15, -0.1) is 11.3 Å². The summed E-state index contributed by atoms with van der Waals surface area (Å²) in [5, 5.41) is 2.44. The van der Waals surface area contributed by atoms with Crippen molar-refractivity contribution in [2.24, 2.45) is 0 Å². The number of rotatable bonds is 10. The molecule has 164 valence electrons. The third kappa shape index (κ3) is 6.58. The molecule has 0 spiro atoms. The van der Waals surface area contributed by atoms with Crippen LogP contribution in [0.1, 0.15) is 19.0 Å². The fourth-order valence-electron chi connectivity index (χ4n) is 2.58. The molecule has 0 atom stereocenters. The number of carbonyl (C=O) groups excluding carboxylic acids is 1. The molecule has 0 amide bonds. The fourth-order valence-corrected chi connectivity index (χ4v) is 4.42. The topological polar surface area (TPSA) is 94.6 Å². The van der Waals surface area contributed by atoms with Gasteiger partial charge in [0.1, 0.15) is 23.2 Å². The number of nitrogens with one attached hydrogen (secondary N) is 1. The first-order valence-electron chi connectivity index (χ1n) is 9.46. The molecular formula is C21H21FN2O5S2. The van der Waals surface area contributed by atoms with Gasteiger partial charge in [0.05, 0.1) is 23.6 Å². The lowest BCUT2D eigenvalue weighted by atomic mass is 10.2. The van der Waals surface area contributed by atoms with Gasteiger partial charge in [-0.1, -0.05) is 0 Å². The van der Waals surface area contributed by atoms with Gasteiger partial charge in [0.25, 0.3) is 0 Å². The Labute approximate surface area is 183 Å². The average molecular weight is 465 g/mol. The van der Waals surface area contributed by atoms with E-state index in [-0.39, 0.29) is 30.3 Å². The molecule has 0 aliphatic rings. The molecule has 2 aromatic carbocycles. The van der Waals surface area contributed by atoms with Gasteiger partial charge in [-0.3, -0.25) is 4.79 Å². The van der Waals surface area contributed by atoms with E-state index < -0.39 is 16.0 Å². The Balaban J connectivity index is 1.44. The molecule has 7 nitrogen and oxygen atoms in total. The summed E-state index contributed by atoms with van der Waals surface area (Å²) in [6.45, 7) is 2.21. The molecule has 0 saturated heterocycles. The Kier molecular flexibility index (Phi) is 7.72. The molecule has 3 aromatic rings. The molecule has 1 aromatic heterocycles. The van der Waals surface area contributed by atoms with Gasteiger partial charge in [-0.2, -0.15) is 0 Å². The number of ether oxygens (including phenoxy) is 2. The van der Waals surface area contributed by atoms with Crippen LogP contribution in [-0.2, 0) is 26.2 Å². The molecular weight excluding hydrogens is 443 g/mol. The third-order valence-corrected chi connectivity index (χ3v) is 6.51. The zero-order valence-electron chi connectivity index (χ0n) is 16.7. The first-order valence-corrected chi connectivity index (χ1v) is 11.8. The van der Waals surface area contributed by atoms with Crippen LogP contribution in [0.15, 0.2) is 58.8 Å². The maximum Gasteiger partial charge on any atom is 0.307 e. The van der Waals surface area contributed by atoms with Crippen LogP contribution in [0.2, 0.25) is 0 Å². The first-order chi connectivity index (χ1) is 14.9. The SMILES string of the molecule is CCOc1ccc(S(=O)(=O)NCCC(=O)OCc2csc(-c3ccc(F)cc3)n2)cc1. The lowest BCUT2D eigenvalue weighted by Crippen LogP contribution is -2.26. The number of thiazole rings is 1. The minimum atomic E-state index is -3.74. The van der Waals surface area contributed by atoms with E-state index in [4.69, 9.17) is 9.47 Å². The Morgan fingerprint density at radius 2 is 1.84 bits per heavy atom. The van der Waals surface area contributed by atoms with E-state index in [0.717, 1.165) is 5.56 Å². The molecule has 1 N–H and O–H groups in total. The second kappa shape index (κ2) is 10.5. The highest BCUT2D eigenvalue weighted by Crippen LogP contribution is 2.24. The molecule has 0 radical (unpaired) electrons. The van der Waals surface area contributed by atoms with Crippen LogP contribution in [-0.4, -0.2) is 32.5 Å². The highest BCUT2D eigenvalue weighted by molar-refractivity contribution is 7.89. The largest absolute Gasteiger partial charge is 0.494 e. The highest BCUT2D eigenvalue weighted by atomic mass is 32.2. The van der Waals surface area contributed by atoms with E-state index in [1.807, 2.05) is 6.92 Å². The van der Waals surface area contributed by atoms with Gasteiger partial charge < -0.3 is 9.47 Å². The number of hydrogen-bond donors (Lipinski definition) is 1. The zero-order valence-corrected chi connectivity index (χ0v) is 18.3. The summed E-state index contributed by atoms with van der Waals surface area (Å²) in [6, 6.07) is 12.0. The number of halogens is 1. The van der Waals surface area contributed by atoms with Crippen molar-refractivity contribution in [3.8, 4) is 16.3 Å². The Morgan fingerprint density at radius 1 is 1.13 bits per heavy atom. The molecule has 0 aliphatic carbocycles. The molecule has 10 heteroatoms. The number of sulfonamides is 1. The van der Waals surface area contributed by atoms with Crippen molar-refractivity contribution in [2.45, 2.75) is 24.8 Å². The van der Waals surface area contributed by atoms with E-state index in [1.165, 1.54) is 35.6 Å². The van der Waals surface area contributed by atoms with Crippen molar-refractivity contribution in [1.82, 2.24) is 9.71 Å². The van der Waals surface area contributed by atoms with Crippen molar-refractivity contribution >= 4 is 27.3 Å². The predicted molar refractivity (Wildman–Crippen MR) is 115 cm³/mol. The minimum absolute atomic E-state index is 0.0256. The fraction of sp³-hybridized carbons (Fsp3) is 0.238. The summed E-state index contributed by atoms with van der Waals surface area (Å²) in [5.74, 6) is -0.298. The lowest BCUT2D eigenvalue weighted by molar-refractivity contribution is -0.144. The average Bonchev–Trinajstić information content (AvgIpc) is 3.22. The monoisotopic (exact) mass is 464 g/mol. The molecule has 3 rings (SSSR count). The van der Waals surface area contributed by atoms with Crippen LogP contribution in [0.4, 0.5) is 4.39 Å². The van der Waals surface area contributed by atoms with E-state index in [2.05, 4.69) is 9.71 Å². The van der Waals surface area contributed by atoms with Crippen LogP contribution in [0.3, 0.4) is 0 Å². The van der Waals surface area contributed by atoms with Gasteiger partial charge in [0.2, 0.25) is 10.0 Å². The molecule has 0 bridgehead atoms. The summed E-state index contributed by atoms with van der Waals surface area (Å²) in [4.78, 5) is 16.4. The van der Waals surface area contributed by atoms with Gasteiger partial charge in [-0.05, 0) is 55.5 Å². The van der Waals surface area contributed by atoms with Gasteiger partial charge in [-0.25, -0.2) is 22.5 Å². The summed E-state index contributed by atoms with van der Waals surface area (Å²) < 4.78 is 50.4. The molecule has 0 unspecified atom stereocenters. The van der Waals surface area contributed by atoms with Crippen LogP contribution in [0.25, 0.3) is 10.6 Å². The number of aromatic nitrogens is 1. The molecule has 0 fully saturated rings. The molecule has 31 heavy (non-hydrogen) atoms. The lowest BCUT2D eigenvalue weighted by Gasteiger charge is -2.08. The summed E-state index contributed by atoms with van der Waals surface area (Å²) in [6.07, 6.45) is -0.120. The summed E-state index contributed by atoms with van der Waals surface area (Å²) >= 11 is 1.36. The highest BCUT2D eigenvalue weighted by Gasteiger charge is 2.15. The van der Waals surface area contributed by atoms with Crippen molar-refractivity contribution in [1.29, 1.82) is 0 Å². The second-order valence-electron chi connectivity index (χ2n) is 6.36. The normalized spacial score (nSPS) is 11.3. The van der Waals surface area contributed by atoms with Crippen molar-refractivity contribution in [2.75, 3.05) is 13.2 Å². The maximum atomic E-state index is 13.0. The van der Waals surface area contributed by atoms with Gasteiger partial charge in [0, 0.05) is 17.5 Å². The van der Waals surface area contributed by atoms with Crippen LogP contribution < -0.4 is 9.46 Å². The predicted octanol–water partition coefficient (Wildman–Crippen LogP) is 3.76. The Hall–Kier alpha value is -2.82.